The van der Waals surface area contributed by atoms with Gasteiger partial charge in [-0.15, -0.1) is 0 Å². The number of nitrogens with zero attached hydrogens (tertiary/aromatic N) is 2. The van der Waals surface area contributed by atoms with Gasteiger partial charge in [-0.25, -0.2) is 0 Å². The van der Waals surface area contributed by atoms with Crippen LogP contribution in [0.1, 0.15) is 24.4 Å². The molecule has 22 heavy (non-hydrogen) atoms. The lowest BCUT2D eigenvalue weighted by atomic mass is 10.0. The van der Waals surface area contributed by atoms with Gasteiger partial charge in [-0.2, -0.15) is 0 Å². The maximum atomic E-state index is 3.79. The van der Waals surface area contributed by atoms with E-state index in [0.29, 0.717) is 6.04 Å². The SMILES string of the molecule is c1ccc(C2CCN3CCNCCCN(CCN2)CC3)cc1. The number of nitrogens with one attached hydrogen (secondary N) is 2. The van der Waals surface area contributed by atoms with Crippen molar-refractivity contribution in [2.75, 3.05) is 58.9 Å². The van der Waals surface area contributed by atoms with Crippen LogP contribution in [0.2, 0.25) is 0 Å². The largest absolute Gasteiger partial charge is 0.315 e. The summed E-state index contributed by atoms with van der Waals surface area (Å²) in [5.41, 5.74) is 1.43. The Hall–Kier alpha value is -0.940. The molecule has 4 nitrogen and oxygen atoms in total. The lowest BCUT2D eigenvalue weighted by Crippen LogP contribution is -2.45. The third-order valence-corrected chi connectivity index (χ3v) is 4.92. The molecular weight excluding hydrogens is 272 g/mol. The fraction of sp³-hybridized carbons (Fsp3) is 0.667. The quantitative estimate of drug-likeness (QED) is 0.819. The zero-order chi connectivity index (χ0) is 15.0. The molecule has 3 unspecified atom stereocenters. The van der Waals surface area contributed by atoms with Crippen LogP contribution in [-0.4, -0.2) is 68.7 Å². The van der Waals surface area contributed by atoms with Crippen LogP contribution in [0.25, 0.3) is 0 Å². The van der Waals surface area contributed by atoms with Gasteiger partial charge >= 0.3 is 0 Å². The standard InChI is InChI=1S/C18H30N4/c1-2-5-17(6-3-1)18-7-12-22-13-9-19-8-4-11-21(15-16-22)14-10-20-18/h1-3,5-6,18-20H,4,7-16H2. The van der Waals surface area contributed by atoms with Gasteiger partial charge in [-0.1, -0.05) is 30.3 Å². The fourth-order valence-electron chi connectivity index (χ4n) is 3.52. The number of benzene rings is 1. The molecule has 2 heterocycles. The molecule has 0 amide bonds. The lowest BCUT2D eigenvalue weighted by molar-refractivity contribution is 0.175. The van der Waals surface area contributed by atoms with E-state index in [1.807, 2.05) is 0 Å². The van der Waals surface area contributed by atoms with E-state index in [1.165, 1.54) is 51.1 Å². The van der Waals surface area contributed by atoms with E-state index in [0.717, 1.165) is 26.2 Å². The van der Waals surface area contributed by atoms with Gasteiger partial charge in [0.05, 0.1) is 0 Å². The second-order valence-corrected chi connectivity index (χ2v) is 6.49. The van der Waals surface area contributed by atoms with Crippen molar-refractivity contribution in [2.24, 2.45) is 0 Å². The molecule has 122 valence electrons. The van der Waals surface area contributed by atoms with E-state index in [2.05, 4.69) is 50.8 Å². The van der Waals surface area contributed by atoms with Gasteiger partial charge in [-0.05, 0) is 31.5 Å². The topological polar surface area (TPSA) is 30.5 Å². The van der Waals surface area contributed by atoms with E-state index < -0.39 is 0 Å². The second kappa shape index (κ2) is 8.63. The van der Waals surface area contributed by atoms with Gasteiger partial charge < -0.3 is 20.4 Å². The third kappa shape index (κ3) is 4.78. The van der Waals surface area contributed by atoms with Crippen molar-refractivity contribution in [3.8, 4) is 0 Å². The predicted octanol–water partition coefficient (Wildman–Crippen LogP) is 1.32. The molecule has 0 saturated carbocycles. The Morgan fingerprint density at radius 1 is 0.773 bits per heavy atom. The van der Waals surface area contributed by atoms with Crippen LogP contribution in [0.15, 0.2) is 30.3 Å². The van der Waals surface area contributed by atoms with Crippen molar-refractivity contribution in [1.29, 1.82) is 0 Å². The number of rotatable bonds is 1. The summed E-state index contributed by atoms with van der Waals surface area (Å²) in [6, 6.07) is 11.4. The number of fused-ring (bicyclic) bond motifs is 3. The summed E-state index contributed by atoms with van der Waals surface area (Å²) >= 11 is 0. The maximum Gasteiger partial charge on any atom is 0.0332 e. The number of hydrogen-bond donors (Lipinski definition) is 2. The summed E-state index contributed by atoms with van der Waals surface area (Å²) in [6.07, 6.45) is 2.46. The molecule has 1 aromatic carbocycles. The van der Waals surface area contributed by atoms with Gasteiger partial charge in [0.1, 0.15) is 0 Å². The third-order valence-electron chi connectivity index (χ3n) is 4.92. The molecule has 0 radical (unpaired) electrons. The van der Waals surface area contributed by atoms with Crippen molar-refractivity contribution < 1.29 is 0 Å². The van der Waals surface area contributed by atoms with Crippen LogP contribution < -0.4 is 10.6 Å². The molecule has 3 rings (SSSR count). The van der Waals surface area contributed by atoms with Crippen molar-refractivity contribution >= 4 is 0 Å². The van der Waals surface area contributed by atoms with E-state index in [9.17, 15) is 0 Å². The maximum absolute atomic E-state index is 3.79. The van der Waals surface area contributed by atoms with Crippen molar-refractivity contribution in [3.63, 3.8) is 0 Å². The molecule has 2 fully saturated rings. The highest BCUT2D eigenvalue weighted by molar-refractivity contribution is 5.18. The molecular formula is C18H30N4. The monoisotopic (exact) mass is 302 g/mol. The van der Waals surface area contributed by atoms with Crippen molar-refractivity contribution in [1.82, 2.24) is 20.4 Å². The Labute approximate surface area is 134 Å². The Bertz CT molecular complexity index is 422. The fourth-order valence-corrected chi connectivity index (χ4v) is 3.52. The van der Waals surface area contributed by atoms with Crippen molar-refractivity contribution in [2.45, 2.75) is 18.9 Å². The Balaban J connectivity index is 1.67. The van der Waals surface area contributed by atoms with Crippen LogP contribution >= 0.6 is 0 Å². The molecule has 2 aliphatic rings. The molecule has 1 aromatic rings. The van der Waals surface area contributed by atoms with Crippen LogP contribution in [0.3, 0.4) is 0 Å². The van der Waals surface area contributed by atoms with Gasteiger partial charge in [0.2, 0.25) is 0 Å². The summed E-state index contributed by atoms with van der Waals surface area (Å²) in [6.45, 7) is 10.6. The molecule has 2 aliphatic heterocycles. The minimum absolute atomic E-state index is 0.486. The molecule has 0 aromatic heterocycles. The Morgan fingerprint density at radius 3 is 2.41 bits per heavy atom. The molecule has 2 N–H and O–H groups in total. The summed E-state index contributed by atoms with van der Waals surface area (Å²) < 4.78 is 0. The minimum Gasteiger partial charge on any atom is -0.315 e. The average Bonchev–Trinajstić information content (AvgIpc) is 2.58. The van der Waals surface area contributed by atoms with E-state index in [-0.39, 0.29) is 0 Å². The van der Waals surface area contributed by atoms with E-state index in [1.54, 1.807) is 0 Å². The Morgan fingerprint density at radius 2 is 1.55 bits per heavy atom. The van der Waals surface area contributed by atoms with E-state index >= 15 is 0 Å². The molecule has 0 aliphatic carbocycles. The van der Waals surface area contributed by atoms with Gasteiger partial charge in [0.25, 0.3) is 0 Å². The van der Waals surface area contributed by atoms with Gasteiger partial charge in [-0.3, -0.25) is 0 Å². The highest BCUT2D eigenvalue weighted by Crippen LogP contribution is 2.17. The highest BCUT2D eigenvalue weighted by atomic mass is 15.2. The molecule has 2 bridgehead atoms. The first-order chi connectivity index (χ1) is 10.9. The summed E-state index contributed by atoms with van der Waals surface area (Å²) in [5, 5.41) is 7.37. The summed E-state index contributed by atoms with van der Waals surface area (Å²) in [4.78, 5) is 5.26. The van der Waals surface area contributed by atoms with Crippen LogP contribution in [-0.2, 0) is 0 Å². The highest BCUT2D eigenvalue weighted by Gasteiger charge is 2.17. The zero-order valence-corrected chi connectivity index (χ0v) is 13.6. The minimum atomic E-state index is 0.486. The normalized spacial score (nSPS) is 31.5. The Kier molecular flexibility index (Phi) is 6.25. The van der Waals surface area contributed by atoms with Crippen LogP contribution in [0.5, 0.6) is 0 Å². The van der Waals surface area contributed by atoms with Gasteiger partial charge in [0.15, 0.2) is 0 Å². The average molecular weight is 302 g/mol. The summed E-state index contributed by atoms with van der Waals surface area (Å²) in [7, 11) is 0. The first-order valence-electron chi connectivity index (χ1n) is 8.85. The molecule has 3 atom stereocenters. The first-order valence-corrected chi connectivity index (χ1v) is 8.85. The van der Waals surface area contributed by atoms with Crippen LogP contribution in [0, 0.1) is 0 Å². The molecule has 2 saturated heterocycles. The first kappa shape index (κ1) is 15.9. The zero-order valence-electron chi connectivity index (χ0n) is 13.6. The lowest BCUT2D eigenvalue weighted by Gasteiger charge is -2.33. The number of hydrogen-bond acceptors (Lipinski definition) is 4. The second-order valence-electron chi connectivity index (χ2n) is 6.49. The molecule has 0 spiro atoms. The molecule has 4 heteroatoms. The van der Waals surface area contributed by atoms with Gasteiger partial charge in [0, 0.05) is 51.9 Å². The van der Waals surface area contributed by atoms with Crippen LogP contribution in [0.4, 0.5) is 0 Å². The smallest absolute Gasteiger partial charge is 0.0332 e. The van der Waals surface area contributed by atoms with E-state index in [4.69, 9.17) is 0 Å². The predicted molar refractivity (Wildman–Crippen MR) is 92.2 cm³/mol. The van der Waals surface area contributed by atoms with Crippen molar-refractivity contribution in [3.05, 3.63) is 35.9 Å². The summed E-state index contributed by atoms with van der Waals surface area (Å²) in [5.74, 6) is 0.